The van der Waals surface area contributed by atoms with E-state index in [4.69, 9.17) is 4.74 Å². The fourth-order valence-corrected chi connectivity index (χ4v) is 4.13. The molecule has 0 aliphatic heterocycles. The zero-order valence-electron chi connectivity index (χ0n) is 15.4. The Morgan fingerprint density at radius 2 is 1.96 bits per heavy atom. The standard InChI is InChI=1S/C20H21N3O2S2/c1-13-9-10-17(14(2)11-13)25-15(3)18(24)21-19-22-23-20(27-19)26-12-16-7-5-4-6-8-16/h4-11,15H,12H2,1-3H3,(H,21,22,24)/t15-/m0/s1. The molecule has 0 unspecified atom stereocenters. The van der Waals surface area contributed by atoms with Gasteiger partial charge in [-0.05, 0) is 38.0 Å². The summed E-state index contributed by atoms with van der Waals surface area (Å²) in [7, 11) is 0. The van der Waals surface area contributed by atoms with E-state index < -0.39 is 6.10 Å². The lowest BCUT2D eigenvalue weighted by atomic mass is 10.1. The highest BCUT2D eigenvalue weighted by Gasteiger charge is 2.18. The zero-order chi connectivity index (χ0) is 19.2. The smallest absolute Gasteiger partial charge is 0.266 e. The molecule has 0 fully saturated rings. The minimum absolute atomic E-state index is 0.245. The monoisotopic (exact) mass is 399 g/mol. The number of thioether (sulfide) groups is 1. The summed E-state index contributed by atoms with van der Waals surface area (Å²) in [6.45, 7) is 5.71. The van der Waals surface area contributed by atoms with Crippen molar-refractivity contribution in [3.05, 3.63) is 65.2 Å². The van der Waals surface area contributed by atoms with Crippen LogP contribution >= 0.6 is 23.1 Å². The van der Waals surface area contributed by atoms with Crippen LogP contribution in [-0.4, -0.2) is 22.2 Å². The Morgan fingerprint density at radius 1 is 1.19 bits per heavy atom. The molecule has 1 aromatic heterocycles. The third-order valence-corrected chi connectivity index (χ3v) is 5.89. The summed E-state index contributed by atoms with van der Waals surface area (Å²) in [5.74, 6) is 1.28. The average molecular weight is 400 g/mol. The predicted octanol–water partition coefficient (Wildman–Crippen LogP) is 4.85. The van der Waals surface area contributed by atoms with Crippen molar-refractivity contribution in [1.82, 2.24) is 10.2 Å². The van der Waals surface area contributed by atoms with E-state index in [9.17, 15) is 4.79 Å². The molecule has 1 heterocycles. The van der Waals surface area contributed by atoms with Crippen LogP contribution in [0.15, 0.2) is 52.9 Å². The van der Waals surface area contributed by atoms with Crippen LogP contribution in [-0.2, 0) is 10.5 Å². The number of carbonyl (C=O) groups excluding carboxylic acids is 1. The van der Waals surface area contributed by atoms with Crippen molar-refractivity contribution in [2.75, 3.05) is 5.32 Å². The molecular weight excluding hydrogens is 378 g/mol. The Kier molecular flexibility index (Phi) is 6.47. The highest BCUT2D eigenvalue weighted by Crippen LogP contribution is 2.28. The van der Waals surface area contributed by atoms with E-state index >= 15 is 0 Å². The molecule has 0 spiro atoms. The Bertz CT molecular complexity index is 913. The molecule has 0 saturated heterocycles. The summed E-state index contributed by atoms with van der Waals surface area (Å²) in [6.07, 6.45) is -0.629. The Hall–Kier alpha value is -2.38. The Labute approximate surface area is 167 Å². The normalized spacial score (nSPS) is 11.8. The quantitative estimate of drug-likeness (QED) is 0.454. The van der Waals surface area contributed by atoms with Crippen molar-refractivity contribution in [3.63, 3.8) is 0 Å². The maximum atomic E-state index is 12.4. The number of carbonyl (C=O) groups is 1. The van der Waals surface area contributed by atoms with E-state index in [0.29, 0.717) is 10.9 Å². The number of aromatic nitrogens is 2. The number of benzene rings is 2. The van der Waals surface area contributed by atoms with Crippen molar-refractivity contribution in [3.8, 4) is 5.75 Å². The summed E-state index contributed by atoms with van der Waals surface area (Å²) in [5.41, 5.74) is 3.38. The summed E-state index contributed by atoms with van der Waals surface area (Å²) in [6, 6.07) is 16.0. The van der Waals surface area contributed by atoms with Crippen molar-refractivity contribution in [1.29, 1.82) is 0 Å². The molecule has 1 N–H and O–H groups in total. The second-order valence-electron chi connectivity index (χ2n) is 6.17. The lowest BCUT2D eigenvalue weighted by Gasteiger charge is -2.15. The SMILES string of the molecule is Cc1ccc(O[C@@H](C)C(=O)Nc2nnc(SCc3ccccc3)s2)c(C)c1. The van der Waals surface area contributed by atoms with Gasteiger partial charge in [0.2, 0.25) is 5.13 Å². The van der Waals surface area contributed by atoms with E-state index in [1.807, 2.05) is 50.2 Å². The number of amides is 1. The van der Waals surface area contributed by atoms with Crippen LogP contribution in [0.2, 0.25) is 0 Å². The second kappa shape index (κ2) is 9.01. The van der Waals surface area contributed by atoms with E-state index in [2.05, 4.69) is 27.6 Å². The van der Waals surface area contributed by atoms with Crippen LogP contribution in [0, 0.1) is 13.8 Å². The van der Waals surface area contributed by atoms with Crippen LogP contribution in [0.4, 0.5) is 5.13 Å². The molecule has 0 radical (unpaired) electrons. The van der Waals surface area contributed by atoms with E-state index in [-0.39, 0.29) is 5.91 Å². The van der Waals surface area contributed by atoms with E-state index in [1.54, 1.807) is 18.7 Å². The number of hydrogen-bond acceptors (Lipinski definition) is 6. The summed E-state index contributed by atoms with van der Waals surface area (Å²) < 4.78 is 6.60. The molecular formula is C20H21N3O2S2. The lowest BCUT2D eigenvalue weighted by molar-refractivity contribution is -0.122. The average Bonchev–Trinajstić information content (AvgIpc) is 3.10. The number of hydrogen-bond donors (Lipinski definition) is 1. The molecule has 7 heteroatoms. The number of ether oxygens (including phenoxy) is 1. The van der Waals surface area contributed by atoms with Gasteiger partial charge in [0, 0.05) is 5.75 Å². The number of nitrogens with zero attached hydrogens (tertiary/aromatic N) is 2. The van der Waals surface area contributed by atoms with Crippen LogP contribution < -0.4 is 10.1 Å². The van der Waals surface area contributed by atoms with Gasteiger partial charge in [0.15, 0.2) is 10.4 Å². The molecule has 1 atom stereocenters. The summed E-state index contributed by atoms with van der Waals surface area (Å²) in [4.78, 5) is 12.4. The highest BCUT2D eigenvalue weighted by molar-refractivity contribution is 8.00. The van der Waals surface area contributed by atoms with Gasteiger partial charge in [-0.3, -0.25) is 10.1 Å². The Morgan fingerprint density at radius 3 is 2.70 bits per heavy atom. The van der Waals surface area contributed by atoms with Gasteiger partial charge in [0.05, 0.1) is 0 Å². The third kappa shape index (κ3) is 5.55. The van der Waals surface area contributed by atoms with Crippen molar-refractivity contribution >= 4 is 34.1 Å². The van der Waals surface area contributed by atoms with Gasteiger partial charge in [-0.25, -0.2) is 0 Å². The first-order valence-corrected chi connectivity index (χ1v) is 10.4. The molecule has 27 heavy (non-hydrogen) atoms. The largest absolute Gasteiger partial charge is 0.481 e. The maximum Gasteiger partial charge on any atom is 0.266 e. The topological polar surface area (TPSA) is 64.1 Å². The third-order valence-electron chi connectivity index (χ3n) is 3.85. The molecule has 2 aromatic carbocycles. The van der Waals surface area contributed by atoms with Gasteiger partial charge in [-0.2, -0.15) is 0 Å². The van der Waals surface area contributed by atoms with Crippen LogP contribution in [0.1, 0.15) is 23.6 Å². The van der Waals surface area contributed by atoms with Crippen molar-refractivity contribution in [2.45, 2.75) is 37.0 Å². The molecule has 0 aliphatic carbocycles. The minimum Gasteiger partial charge on any atom is -0.481 e. The van der Waals surface area contributed by atoms with Gasteiger partial charge in [0.25, 0.3) is 5.91 Å². The first kappa shape index (κ1) is 19.4. The fraction of sp³-hybridized carbons (Fsp3) is 0.250. The van der Waals surface area contributed by atoms with Gasteiger partial charge in [0.1, 0.15) is 5.75 Å². The number of rotatable bonds is 7. The summed E-state index contributed by atoms with van der Waals surface area (Å²) in [5, 5.41) is 11.4. The molecule has 3 aromatic rings. The fourth-order valence-electron chi connectivity index (χ4n) is 2.42. The molecule has 0 aliphatic rings. The van der Waals surface area contributed by atoms with Gasteiger partial charge in [-0.15, -0.1) is 10.2 Å². The molecule has 5 nitrogen and oxygen atoms in total. The predicted molar refractivity (Wildman–Crippen MR) is 111 cm³/mol. The molecule has 0 bridgehead atoms. The van der Waals surface area contributed by atoms with Crippen molar-refractivity contribution < 1.29 is 9.53 Å². The first-order valence-electron chi connectivity index (χ1n) is 8.56. The van der Waals surface area contributed by atoms with E-state index in [0.717, 1.165) is 21.2 Å². The van der Waals surface area contributed by atoms with Gasteiger partial charge in [-0.1, -0.05) is 71.1 Å². The summed E-state index contributed by atoms with van der Waals surface area (Å²) >= 11 is 2.96. The van der Waals surface area contributed by atoms with E-state index in [1.165, 1.54) is 16.9 Å². The second-order valence-corrected chi connectivity index (χ2v) is 8.37. The molecule has 140 valence electrons. The van der Waals surface area contributed by atoms with Crippen LogP contribution in [0.3, 0.4) is 0 Å². The molecule has 0 saturated carbocycles. The van der Waals surface area contributed by atoms with Gasteiger partial charge >= 0.3 is 0 Å². The zero-order valence-corrected chi connectivity index (χ0v) is 17.1. The number of aryl methyl sites for hydroxylation is 2. The highest BCUT2D eigenvalue weighted by atomic mass is 32.2. The molecule has 1 amide bonds. The minimum atomic E-state index is -0.629. The molecule has 3 rings (SSSR count). The van der Waals surface area contributed by atoms with Crippen LogP contribution in [0.25, 0.3) is 0 Å². The van der Waals surface area contributed by atoms with Gasteiger partial charge < -0.3 is 4.74 Å². The van der Waals surface area contributed by atoms with Crippen molar-refractivity contribution in [2.24, 2.45) is 0 Å². The maximum absolute atomic E-state index is 12.4. The first-order chi connectivity index (χ1) is 13.0. The Balaban J connectivity index is 1.53. The number of nitrogens with one attached hydrogen (secondary N) is 1. The number of anilines is 1. The van der Waals surface area contributed by atoms with Crippen LogP contribution in [0.5, 0.6) is 5.75 Å². The lowest BCUT2D eigenvalue weighted by Crippen LogP contribution is -2.30.